The van der Waals surface area contributed by atoms with Crippen molar-refractivity contribution >= 4 is 10.1 Å². The highest BCUT2D eigenvalue weighted by atomic mass is 32.2. The summed E-state index contributed by atoms with van der Waals surface area (Å²) in [6.07, 6.45) is -0.426. The lowest BCUT2D eigenvalue weighted by Crippen LogP contribution is -2.12. The lowest BCUT2D eigenvalue weighted by Gasteiger charge is -2.07. The summed E-state index contributed by atoms with van der Waals surface area (Å²) in [5.41, 5.74) is 0. The van der Waals surface area contributed by atoms with Crippen molar-refractivity contribution in [1.29, 1.82) is 0 Å². The van der Waals surface area contributed by atoms with Crippen LogP contribution in [-0.2, 0) is 14.3 Å². The van der Waals surface area contributed by atoms with Crippen LogP contribution in [0, 0.1) is 5.82 Å². The van der Waals surface area contributed by atoms with Gasteiger partial charge in [-0.25, -0.2) is 4.39 Å². The van der Waals surface area contributed by atoms with Gasteiger partial charge in [0.2, 0.25) is 0 Å². The predicted octanol–water partition coefficient (Wildman–Crippen LogP) is 1.94. The molecule has 0 aliphatic heterocycles. The first-order valence-corrected chi connectivity index (χ1v) is 5.51. The molecule has 5 heteroatoms. The van der Waals surface area contributed by atoms with E-state index in [-0.39, 0.29) is 4.90 Å². The van der Waals surface area contributed by atoms with Crippen LogP contribution in [0.15, 0.2) is 29.2 Å². The molecule has 14 heavy (non-hydrogen) atoms. The highest BCUT2D eigenvalue weighted by molar-refractivity contribution is 7.86. The maximum absolute atomic E-state index is 12.5. The second-order valence-electron chi connectivity index (χ2n) is 3.05. The normalized spacial score (nSPS) is 12.0. The average Bonchev–Trinajstić information content (AvgIpc) is 2.02. The second kappa shape index (κ2) is 4.06. The van der Waals surface area contributed by atoms with Gasteiger partial charge in [0.05, 0.1) is 11.0 Å². The van der Waals surface area contributed by atoms with E-state index in [4.69, 9.17) is 4.18 Å². The minimum atomic E-state index is -3.74. The molecule has 0 aromatic heterocycles. The third-order valence-electron chi connectivity index (χ3n) is 1.42. The highest BCUT2D eigenvalue weighted by Gasteiger charge is 2.16. The van der Waals surface area contributed by atoms with E-state index in [2.05, 4.69) is 0 Å². The van der Waals surface area contributed by atoms with E-state index in [1.165, 1.54) is 12.1 Å². The third kappa shape index (κ3) is 2.78. The van der Waals surface area contributed by atoms with Gasteiger partial charge in [-0.15, -0.1) is 0 Å². The fourth-order valence-corrected chi connectivity index (χ4v) is 2.00. The van der Waals surface area contributed by atoms with Crippen molar-refractivity contribution in [3.8, 4) is 0 Å². The molecule has 0 aliphatic rings. The maximum Gasteiger partial charge on any atom is 0.297 e. The Morgan fingerprint density at radius 2 is 1.71 bits per heavy atom. The lowest BCUT2D eigenvalue weighted by molar-refractivity contribution is 0.249. The zero-order valence-electron chi connectivity index (χ0n) is 7.90. The molecule has 0 bridgehead atoms. The van der Waals surface area contributed by atoms with Crippen molar-refractivity contribution in [3.63, 3.8) is 0 Å². The number of halogens is 1. The van der Waals surface area contributed by atoms with Crippen LogP contribution in [0.3, 0.4) is 0 Å². The van der Waals surface area contributed by atoms with E-state index in [0.29, 0.717) is 0 Å². The first kappa shape index (κ1) is 11.1. The van der Waals surface area contributed by atoms with Crippen molar-refractivity contribution in [2.45, 2.75) is 24.8 Å². The predicted molar refractivity (Wildman–Crippen MR) is 49.8 cm³/mol. The van der Waals surface area contributed by atoms with Crippen LogP contribution in [0.1, 0.15) is 13.8 Å². The van der Waals surface area contributed by atoms with E-state index in [9.17, 15) is 12.8 Å². The molecule has 0 spiro atoms. The number of benzene rings is 1. The van der Waals surface area contributed by atoms with Crippen LogP contribution in [-0.4, -0.2) is 14.5 Å². The summed E-state index contributed by atoms with van der Waals surface area (Å²) in [5.74, 6) is -0.478. The molecule has 0 radical (unpaired) electrons. The van der Waals surface area contributed by atoms with Crippen LogP contribution in [0.2, 0.25) is 0 Å². The first-order chi connectivity index (χ1) is 6.42. The summed E-state index contributed by atoms with van der Waals surface area (Å²) in [5, 5.41) is 0. The van der Waals surface area contributed by atoms with Gasteiger partial charge in [0.25, 0.3) is 10.1 Å². The summed E-state index contributed by atoms with van der Waals surface area (Å²) in [7, 11) is -3.74. The smallest absolute Gasteiger partial charge is 0.264 e. The Morgan fingerprint density at radius 3 is 2.14 bits per heavy atom. The van der Waals surface area contributed by atoms with Gasteiger partial charge < -0.3 is 0 Å². The molecule has 3 nitrogen and oxygen atoms in total. The number of hydrogen-bond acceptors (Lipinski definition) is 3. The molecule has 0 amide bonds. The molecule has 0 unspecified atom stereocenters. The highest BCUT2D eigenvalue weighted by Crippen LogP contribution is 2.14. The Labute approximate surface area is 82.6 Å². The van der Waals surface area contributed by atoms with Gasteiger partial charge in [-0.3, -0.25) is 4.18 Å². The fraction of sp³-hybridized carbons (Fsp3) is 0.333. The Morgan fingerprint density at radius 1 is 1.21 bits per heavy atom. The van der Waals surface area contributed by atoms with Crippen molar-refractivity contribution in [2.24, 2.45) is 0 Å². The van der Waals surface area contributed by atoms with Crippen LogP contribution in [0.4, 0.5) is 4.39 Å². The summed E-state index contributed by atoms with van der Waals surface area (Å²) in [6, 6.07) is 4.51. The Balaban J connectivity index is 2.99. The molecule has 0 heterocycles. The van der Waals surface area contributed by atoms with Crippen molar-refractivity contribution in [3.05, 3.63) is 30.1 Å². The van der Waals surface area contributed by atoms with E-state index < -0.39 is 22.0 Å². The van der Waals surface area contributed by atoms with E-state index in [0.717, 1.165) is 12.1 Å². The molecule has 0 atom stereocenters. The molecule has 1 aromatic rings. The first-order valence-electron chi connectivity index (χ1n) is 4.10. The Kier molecular flexibility index (Phi) is 3.23. The number of hydrogen-bond donors (Lipinski definition) is 0. The van der Waals surface area contributed by atoms with Gasteiger partial charge in [-0.2, -0.15) is 8.42 Å². The average molecular weight is 218 g/mol. The van der Waals surface area contributed by atoms with Crippen LogP contribution in [0.5, 0.6) is 0 Å². The zero-order chi connectivity index (χ0) is 10.8. The maximum atomic E-state index is 12.5. The van der Waals surface area contributed by atoms with Gasteiger partial charge >= 0.3 is 0 Å². The molecule has 1 rings (SSSR count). The molecular formula is C9H11FO3S. The third-order valence-corrected chi connectivity index (χ3v) is 2.91. The molecular weight excluding hydrogens is 207 g/mol. The van der Waals surface area contributed by atoms with Gasteiger partial charge in [-0.1, -0.05) is 0 Å². The topological polar surface area (TPSA) is 43.4 Å². The van der Waals surface area contributed by atoms with Crippen LogP contribution >= 0.6 is 0 Å². The molecule has 1 aromatic carbocycles. The summed E-state index contributed by atoms with van der Waals surface area (Å²) in [4.78, 5) is -0.0346. The van der Waals surface area contributed by atoms with E-state index in [1.807, 2.05) is 0 Å². The SMILES string of the molecule is CC(C)OS(=O)(=O)c1ccc(F)cc1. The lowest BCUT2D eigenvalue weighted by atomic mass is 10.4. The van der Waals surface area contributed by atoms with Crippen molar-refractivity contribution in [2.75, 3.05) is 0 Å². The monoisotopic (exact) mass is 218 g/mol. The van der Waals surface area contributed by atoms with Gasteiger partial charge in [-0.05, 0) is 38.1 Å². The minimum Gasteiger partial charge on any atom is -0.264 e. The molecule has 0 N–H and O–H groups in total. The van der Waals surface area contributed by atoms with Gasteiger partial charge in [0, 0.05) is 0 Å². The van der Waals surface area contributed by atoms with E-state index >= 15 is 0 Å². The number of rotatable bonds is 3. The van der Waals surface area contributed by atoms with Gasteiger partial charge in [0.15, 0.2) is 0 Å². The quantitative estimate of drug-likeness (QED) is 0.728. The van der Waals surface area contributed by atoms with Crippen molar-refractivity contribution in [1.82, 2.24) is 0 Å². The van der Waals surface area contributed by atoms with Crippen molar-refractivity contribution < 1.29 is 17.0 Å². The minimum absolute atomic E-state index is 0.0346. The largest absolute Gasteiger partial charge is 0.297 e. The molecule has 0 saturated carbocycles. The Hall–Kier alpha value is -0.940. The zero-order valence-corrected chi connectivity index (χ0v) is 8.71. The second-order valence-corrected chi connectivity index (χ2v) is 4.63. The Bertz CT molecular complexity index is 395. The van der Waals surface area contributed by atoms with Gasteiger partial charge in [0.1, 0.15) is 5.82 Å². The van der Waals surface area contributed by atoms with Crippen LogP contribution < -0.4 is 0 Å². The summed E-state index contributed by atoms with van der Waals surface area (Å²) in [6.45, 7) is 3.22. The summed E-state index contributed by atoms with van der Waals surface area (Å²) >= 11 is 0. The summed E-state index contributed by atoms with van der Waals surface area (Å²) < 4.78 is 40.0. The molecule has 0 saturated heterocycles. The fourth-order valence-electron chi connectivity index (χ4n) is 0.910. The van der Waals surface area contributed by atoms with E-state index in [1.54, 1.807) is 13.8 Å². The molecule has 0 fully saturated rings. The van der Waals surface area contributed by atoms with Crippen LogP contribution in [0.25, 0.3) is 0 Å². The molecule has 78 valence electrons. The molecule has 0 aliphatic carbocycles. The standard InChI is InChI=1S/C9H11FO3S/c1-7(2)13-14(11,12)9-5-3-8(10)4-6-9/h3-7H,1-2H3.